The fourth-order valence-electron chi connectivity index (χ4n) is 6.70. The van der Waals surface area contributed by atoms with Gasteiger partial charge in [-0.2, -0.15) is 0 Å². The number of nitrogens with zero attached hydrogens (tertiary/aromatic N) is 2. The van der Waals surface area contributed by atoms with Gasteiger partial charge in [0.25, 0.3) is 0 Å². The molecule has 0 radical (unpaired) electrons. The Hall–Kier alpha value is -5.21. The maximum absolute atomic E-state index is 4.86. The molecular weight excluding hydrogens is 472 g/mol. The van der Waals surface area contributed by atoms with E-state index >= 15 is 0 Å². The molecule has 0 fully saturated rings. The van der Waals surface area contributed by atoms with E-state index in [9.17, 15) is 0 Å². The molecule has 2 heteroatoms. The lowest BCUT2D eigenvalue weighted by atomic mass is 9.93. The van der Waals surface area contributed by atoms with E-state index in [4.69, 9.17) is 4.98 Å². The molecule has 39 heavy (non-hydrogen) atoms. The Balaban J connectivity index is 1.36. The van der Waals surface area contributed by atoms with Crippen LogP contribution in [0.1, 0.15) is 0 Å². The van der Waals surface area contributed by atoms with Crippen LogP contribution in [-0.4, -0.2) is 9.55 Å². The molecule has 0 N–H and O–H groups in total. The molecule has 2 aromatic heterocycles. The van der Waals surface area contributed by atoms with Gasteiger partial charge in [0.05, 0.1) is 16.6 Å². The summed E-state index contributed by atoms with van der Waals surface area (Å²) in [6, 6.07) is 46.1. The van der Waals surface area contributed by atoms with Gasteiger partial charge in [-0.05, 0) is 74.5 Å². The van der Waals surface area contributed by atoms with Gasteiger partial charge >= 0.3 is 0 Å². The lowest BCUT2D eigenvalue weighted by Gasteiger charge is -2.11. The lowest BCUT2D eigenvalue weighted by Crippen LogP contribution is -1.94. The molecule has 0 atom stereocenters. The van der Waals surface area contributed by atoms with Crippen LogP contribution in [0.5, 0.6) is 0 Å². The average Bonchev–Trinajstić information content (AvgIpc) is 3.52. The molecule has 1 aliphatic carbocycles. The quantitative estimate of drug-likeness (QED) is 0.234. The van der Waals surface area contributed by atoms with E-state index in [2.05, 4.69) is 132 Å². The number of fused-ring (bicyclic) bond motifs is 8. The van der Waals surface area contributed by atoms with Crippen molar-refractivity contribution in [2.45, 2.75) is 0 Å². The van der Waals surface area contributed by atoms with Crippen LogP contribution in [0.2, 0.25) is 0 Å². The summed E-state index contributed by atoms with van der Waals surface area (Å²) in [6.45, 7) is 0. The maximum atomic E-state index is 4.86. The second-order valence-electron chi connectivity index (χ2n) is 10.4. The number of aromatic nitrogens is 2. The van der Waals surface area contributed by atoms with E-state index < -0.39 is 0 Å². The summed E-state index contributed by atoms with van der Waals surface area (Å²) in [5.41, 5.74) is 12.4. The van der Waals surface area contributed by atoms with E-state index in [1.807, 2.05) is 6.20 Å². The second-order valence-corrected chi connectivity index (χ2v) is 10.4. The molecule has 0 bridgehead atoms. The van der Waals surface area contributed by atoms with Crippen LogP contribution >= 0.6 is 0 Å². The normalized spacial score (nSPS) is 12.1. The predicted molar refractivity (Wildman–Crippen MR) is 163 cm³/mol. The van der Waals surface area contributed by atoms with Gasteiger partial charge in [-0.15, -0.1) is 0 Å². The first-order valence-corrected chi connectivity index (χ1v) is 13.4. The standard InChI is InChI=1S/C37H22N2/c1-2-9-24(10-3-1)39-35-20-17-23(21-32(35)33-22-38-34-16-7-6-13-31(34)37(33)39)25-18-19-30-27-12-5-4-11-26(27)29-15-8-14-28(25)36(29)30/h1-22H. The van der Waals surface area contributed by atoms with Crippen LogP contribution in [0.4, 0.5) is 0 Å². The molecule has 2 heterocycles. The first-order chi connectivity index (χ1) is 19.4. The van der Waals surface area contributed by atoms with E-state index in [-0.39, 0.29) is 0 Å². The number of hydrogen-bond acceptors (Lipinski definition) is 1. The van der Waals surface area contributed by atoms with E-state index in [0.29, 0.717) is 0 Å². The smallest absolute Gasteiger partial charge is 0.0723 e. The highest BCUT2D eigenvalue weighted by atomic mass is 15.0. The molecule has 0 saturated heterocycles. The second kappa shape index (κ2) is 7.66. The molecule has 2 nitrogen and oxygen atoms in total. The van der Waals surface area contributed by atoms with Crippen LogP contribution in [-0.2, 0) is 0 Å². The van der Waals surface area contributed by atoms with Crippen LogP contribution in [0.15, 0.2) is 134 Å². The van der Waals surface area contributed by atoms with Crippen molar-refractivity contribution in [3.8, 4) is 39.1 Å². The van der Waals surface area contributed by atoms with E-state index in [0.717, 1.165) is 11.2 Å². The Morgan fingerprint density at radius 1 is 0.462 bits per heavy atom. The van der Waals surface area contributed by atoms with Crippen LogP contribution in [0.3, 0.4) is 0 Å². The van der Waals surface area contributed by atoms with Gasteiger partial charge in [0.2, 0.25) is 0 Å². The summed E-state index contributed by atoms with van der Waals surface area (Å²) in [4.78, 5) is 4.86. The molecule has 1 aliphatic rings. The zero-order valence-electron chi connectivity index (χ0n) is 21.1. The molecule has 0 saturated carbocycles. The van der Waals surface area contributed by atoms with Crippen molar-refractivity contribution < 1.29 is 0 Å². The van der Waals surface area contributed by atoms with Gasteiger partial charge in [0, 0.05) is 28.0 Å². The van der Waals surface area contributed by atoms with Crippen molar-refractivity contribution in [3.05, 3.63) is 134 Å². The Kier molecular flexibility index (Phi) is 4.08. The van der Waals surface area contributed by atoms with Crippen molar-refractivity contribution >= 4 is 43.5 Å². The molecule has 0 aliphatic heterocycles. The summed E-state index contributed by atoms with van der Waals surface area (Å²) in [5.74, 6) is 0. The highest BCUT2D eigenvalue weighted by Gasteiger charge is 2.23. The topological polar surface area (TPSA) is 17.8 Å². The number of pyridine rings is 1. The van der Waals surface area contributed by atoms with Crippen molar-refractivity contribution in [2.75, 3.05) is 0 Å². The molecule has 8 aromatic rings. The van der Waals surface area contributed by atoms with Gasteiger partial charge in [-0.3, -0.25) is 4.98 Å². The highest BCUT2D eigenvalue weighted by Crippen LogP contribution is 2.49. The lowest BCUT2D eigenvalue weighted by molar-refractivity contribution is 1.18. The van der Waals surface area contributed by atoms with Crippen molar-refractivity contribution in [1.82, 2.24) is 9.55 Å². The summed E-state index contributed by atoms with van der Waals surface area (Å²) in [7, 11) is 0. The average molecular weight is 495 g/mol. The third-order valence-corrected chi connectivity index (χ3v) is 8.37. The van der Waals surface area contributed by atoms with Crippen molar-refractivity contribution in [2.24, 2.45) is 0 Å². The summed E-state index contributed by atoms with van der Waals surface area (Å²) >= 11 is 0. The SMILES string of the molecule is c1ccc(-n2c3ccc(-c4ccc5c6c(cccc46)-c4ccccc4-5)cc3c3cnc4ccccc4c32)cc1. The Bertz CT molecular complexity index is 2240. The molecule has 6 aromatic carbocycles. The largest absolute Gasteiger partial charge is 0.309 e. The van der Waals surface area contributed by atoms with Crippen molar-refractivity contribution in [1.29, 1.82) is 0 Å². The first-order valence-electron chi connectivity index (χ1n) is 13.4. The van der Waals surface area contributed by atoms with Crippen LogP contribution in [0.25, 0.3) is 82.5 Å². The zero-order valence-corrected chi connectivity index (χ0v) is 21.1. The maximum Gasteiger partial charge on any atom is 0.0723 e. The molecule has 180 valence electrons. The van der Waals surface area contributed by atoms with Gasteiger partial charge in [-0.25, -0.2) is 0 Å². The Morgan fingerprint density at radius 3 is 2.03 bits per heavy atom. The first kappa shape index (κ1) is 20.8. The van der Waals surface area contributed by atoms with E-state index in [1.165, 1.54) is 71.3 Å². The minimum atomic E-state index is 1.01. The van der Waals surface area contributed by atoms with Gasteiger partial charge in [-0.1, -0.05) is 97.1 Å². The van der Waals surface area contributed by atoms with Gasteiger partial charge in [0.15, 0.2) is 0 Å². The molecule has 0 spiro atoms. The van der Waals surface area contributed by atoms with Crippen molar-refractivity contribution in [3.63, 3.8) is 0 Å². The fourth-order valence-corrected chi connectivity index (χ4v) is 6.70. The predicted octanol–water partition coefficient (Wildman–Crippen LogP) is 9.80. The molecule has 9 rings (SSSR count). The number of benzene rings is 6. The molecule has 0 unspecified atom stereocenters. The third kappa shape index (κ3) is 2.78. The summed E-state index contributed by atoms with van der Waals surface area (Å²) < 4.78 is 2.39. The number of para-hydroxylation sites is 2. The third-order valence-electron chi connectivity index (χ3n) is 8.37. The van der Waals surface area contributed by atoms with E-state index in [1.54, 1.807) is 0 Å². The number of rotatable bonds is 2. The monoisotopic (exact) mass is 494 g/mol. The van der Waals surface area contributed by atoms with Crippen LogP contribution < -0.4 is 0 Å². The van der Waals surface area contributed by atoms with Crippen LogP contribution in [0, 0.1) is 0 Å². The Morgan fingerprint density at radius 2 is 1.15 bits per heavy atom. The van der Waals surface area contributed by atoms with Gasteiger partial charge in [0.1, 0.15) is 0 Å². The fraction of sp³-hybridized carbons (Fsp3) is 0. The van der Waals surface area contributed by atoms with Gasteiger partial charge < -0.3 is 4.57 Å². The molecular formula is C37H22N2. The zero-order chi connectivity index (χ0) is 25.5. The minimum Gasteiger partial charge on any atom is -0.309 e. The summed E-state index contributed by atoms with van der Waals surface area (Å²) in [5, 5.41) is 6.22. The minimum absolute atomic E-state index is 1.01. The Labute approximate surface area is 225 Å². The number of hydrogen-bond donors (Lipinski definition) is 0. The highest BCUT2D eigenvalue weighted by molar-refractivity contribution is 6.21. The molecule has 0 amide bonds. The summed E-state index contributed by atoms with van der Waals surface area (Å²) in [6.07, 6.45) is 2.05.